The van der Waals surface area contributed by atoms with Gasteiger partial charge in [0.2, 0.25) is 11.8 Å². The average Bonchev–Trinajstić information content (AvgIpc) is 2.99. The second-order valence-electron chi connectivity index (χ2n) is 6.72. The Bertz CT molecular complexity index is 604. The Morgan fingerprint density at radius 2 is 1.88 bits per heavy atom. The second-order valence-corrected chi connectivity index (χ2v) is 6.72. The molecule has 0 aliphatic carbocycles. The molecule has 1 N–H and O–H groups in total. The lowest BCUT2D eigenvalue weighted by atomic mass is 10.0. The number of benzene rings is 1. The van der Waals surface area contributed by atoms with Crippen LogP contribution in [0.3, 0.4) is 0 Å². The standard InChI is InChI=1S/C18H23F2N3O2/c19-16(20)12-22-8-6-14(7-9-22)21-18(25)13-10-17(24)23(11-13)15-4-2-1-3-5-15/h1-5,13-14,16H,6-12H2,(H,21,25). The van der Waals surface area contributed by atoms with E-state index in [9.17, 15) is 18.4 Å². The highest BCUT2D eigenvalue weighted by Crippen LogP contribution is 2.25. The molecule has 136 valence electrons. The zero-order valence-corrected chi connectivity index (χ0v) is 14.0. The van der Waals surface area contributed by atoms with Crippen LogP contribution in [0.25, 0.3) is 0 Å². The Morgan fingerprint density at radius 1 is 1.20 bits per heavy atom. The number of amides is 2. The van der Waals surface area contributed by atoms with Gasteiger partial charge in [-0.05, 0) is 25.0 Å². The molecular formula is C18H23F2N3O2. The zero-order chi connectivity index (χ0) is 17.8. The Hall–Kier alpha value is -2.02. The molecule has 2 fully saturated rings. The largest absolute Gasteiger partial charge is 0.353 e. The molecule has 2 heterocycles. The van der Waals surface area contributed by atoms with Crippen LogP contribution in [0.5, 0.6) is 0 Å². The number of rotatable bonds is 5. The number of carbonyl (C=O) groups excluding carboxylic acids is 2. The minimum Gasteiger partial charge on any atom is -0.353 e. The first-order valence-electron chi connectivity index (χ1n) is 8.69. The van der Waals surface area contributed by atoms with E-state index in [1.165, 1.54) is 0 Å². The number of halogens is 2. The molecule has 1 unspecified atom stereocenters. The summed E-state index contributed by atoms with van der Waals surface area (Å²) >= 11 is 0. The summed E-state index contributed by atoms with van der Waals surface area (Å²) < 4.78 is 24.8. The van der Waals surface area contributed by atoms with Crippen LogP contribution in [0, 0.1) is 5.92 Å². The van der Waals surface area contributed by atoms with E-state index in [2.05, 4.69) is 5.32 Å². The van der Waals surface area contributed by atoms with Crippen molar-refractivity contribution in [2.45, 2.75) is 31.7 Å². The fraction of sp³-hybridized carbons (Fsp3) is 0.556. The predicted octanol–water partition coefficient (Wildman–Crippen LogP) is 1.89. The molecule has 0 saturated carbocycles. The van der Waals surface area contributed by atoms with E-state index in [1.807, 2.05) is 30.3 Å². The lowest BCUT2D eigenvalue weighted by molar-refractivity contribution is -0.127. The van der Waals surface area contributed by atoms with Crippen LogP contribution in [-0.2, 0) is 9.59 Å². The molecule has 2 aliphatic heterocycles. The number of para-hydroxylation sites is 1. The number of nitrogens with zero attached hydrogens (tertiary/aromatic N) is 2. The Kier molecular flexibility index (Phi) is 5.63. The number of anilines is 1. The van der Waals surface area contributed by atoms with E-state index in [1.54, 1.807) is 9.80 Å². The Balaban J connectivity index is 1.49. The van der Waals surface area contributed by atoms with Gasteiger partial charge in [0.15, 0.2) is 0 Å². The highest BCUT2D eigenvalue weighted by Gasteiger charge is 2.36. The first-order chi connectivity index (χ1) is 12.0. The maximum atomic E-state index is 12.5. The number of carbonyl (C=O) groups is 2. The molecule has 2 aliphatic rings. The van der Waals surface area contributed by atoms with E-state index >= 15 is 0 Å². The SMILES string of the molecule is O=C(NC1CCN(CC(F)F)CC1)C1CC(=O)N(c2ccccc2)C1. The van der Waals surface area contributed by atoms with Crippen LogP contribution in [0.2, 0.25) is 0 Å². The van der Waals surface area contributed by atoms with Crippen molar-refractivity contribution in [1.29, 1.82) is 0 Å². The molecular weight excluding hydrogens is 328 g/mol. The normalized spacial score (nSPS) is 22.6. The lowest BCUT2D eigenvalue weighted by Crippen LogP contribution is -2.47. The Morgan fingerprint density at radius 3 is 2.52 bits per heavy atom. The van der Waals surface area contributed by atoms with Crippen LogP contribution < -0.4 is 10.2 Å². The van der Waals surface area contributed by atoms with E-state index < -0.39 is 6.43 Å². The summed E-state index contributed by atoms with van der Waals surface area (Å²) in [6.45, 7) is 1.31. The molecule has 1 aromatic rings. The molecule has 7 heteroatoms. The van der Waals surface area contributed by atoms with Crippen molar-refractivity contribution in [3.63, 3.8) is 0 Å². The average molecular weight is 351 g/mol. The van der Waals surface area contributed by atoms with Gasteiger partial charge in [0.1, 0.15) is 0 Å². The molecule has 1 aromatic carbocycles. The fourth-order valence-electron chi connectivity index (χ4n) is 3.51. The van der Waals surface area contributed by atoms with Gasteiger partial charge in [0.05, 0.1) is 12.5 Å². The first-order valence-corrected chi connectivity index (χ1v) is 8.69. The van der Waals surface area contributed by atoms with Crippen LogP contribution in [-0.4, -0.2) is 55.4 Å². The second kappa shape index (κ2) is 7.91. The molecule has 0 aromatic heterocycles. The molecule has 2 amide bonds. The number of alkyl halides is 2. The molecule has 5 nitrogen and oxygen atoms in total. The van der Waals surface area contributed by atoms with Gasteiger partial charge < -0.3 is 10.2 Å². The van der Waals surface area contributed by atoms with Crippen molar-refractivity contribution in [1.82, 2.24) is 10.2 Å². The smallest absolute Gasteiger partial charge is 0.251 e. The summed E-state index contributed by atoms with van der Waals surface area (Å²) in [5, 5.41) is 3.00. The van der Waals surface area contributed by atoms with Gasteiger partial charge in [-0.3, -0.25) is 14.5 Å². The van der Waals surface area contributed by atoms with Gasteiger partial charge in [-0.1, -0.05) is 18.2 Å². The van der Waals surface area contributed by atoms with Crippen molar-refractivity contribution in [2.75, 3.05) is 31.1 Å². The Labute approximate surface area is 146 Å². The third-order valence-electron chi connectivity index (χ3n) is 4.89. The molecule has 0 spiro atoms. The molecule has 3 rings (SSSR count). The maximum Gasteiger partial charge on any atom is 0.251 e. The first kappa shape index (κ1) is 17.8. The predicted molar refractivity (Wildman–Crippen MR) is 90.5 cm³/mol. The molecule has 2 saturated heterocycles. The number of likely N-dealkylation sites (tertiary alicyclic amines) is 1. The van der Waals surface area contributed by atoms with Gasteiger partial charge in [-0.25, -0.2) is 8.78 Å². The molecule has 25 heavy (non-hydrogen) atoms. The summed E-state index contributed by atoms with van der Waals surface area (Å²) in [7, 11) is 0. The van der Waals surface area contributed by atoms with E-state index in [4.69, 9.17) is 0 Å². The third kappa shape index (κ3) is 4.54. The topological polar surface area (TPSA) is 52.7 Å². The van der Waals surface area contributed by atoms with E-state index in [-0.39, 0.29) is 36.7 Å². The molecule has 0 bridgehead atoms. The van der Waals surface area contributed by atoms with E-state index in [0.717, 1.165) is 5.69 Å². The number of nitrogens with one attached hydrogen (secondary N) is 1. The van der Waals surface area contributed by atoms with Gasteiger partial charge in [0.25, 0.3) is 6.43 Å². The summed E-state index contributed by atoms with van der Waals surface area (Å²) in [4.78, 5) is 28.0. The lowest BCUT2D eigenvalue weighted by Gasteiger charge is -2.32. The monoisotopic (exact) mass is 351 g/mol. The fourth-order valence-corrected chi connectivity index (χ4v) is 3.51. The highest BCUT2D eigenvalue weighted by atomic mass is 19.3. The number of hydrogen-bond donors (Lipinski definition) is 1. The summed E-state index contributed by atoms with van der Waals surface area (Å²) in [5.41, 5.74) is 0.808. The summed E-state index contributed by atoms with van der Waals surface area (Å²) in [6, 6.07) is 9.33. The van der Waals surface area contributed by atoms with Crippen LogP contribution >= 0.6 is 0 Å². The van der Waals surface area contributed by atoms with E-state index in [0.29, 0.717) is 32.5 Å². The van der Waals surface area contributed by atoms with Crippen molar-refractivity contribution in [3.05, 3.63) is 30.3 Å². The summed E-state index contributed by atoms with van der Waals surface area (Å²) in [6.07, 6.45) is -0.770. The third-order valence-corrected chi connectivity index (χ3v) is 4.89. The van der Waals surface area contributed by atoms with Gasteiger partial charge in [-0.2, -0.15) is 0 Å². The molecule has 1 atom stereocenters. The summed E-state index contributed by atoms with van der Waals surface area (Å²) in [5.74, 6) is -0.510. The quantitative estimate of drug-likeness (QED) is 0.881. The van der Waals surface area contributed by atoms with Crippen molar-refractivity contribution in [3.8, 4) is 0 Å². The van der Waals surface area contributed by atoms with Crippen LogP contribution in [0.15, 0.2) is 30.3 Å². The number of piperidine rings is 1. The van der Waals surface area contributed by atoms with Crippen LogP contribution in [0.4, 0.5) is 14.5 Å². The van der Waals surface area contributed by atoms with Crippen LogP contribution in [0.1, 0.15) is 19.3 Å². The minimum atomic E-state index is -2.32. The van der Waals surface area contributed by atoms with Gasteiger partial charge in [0, 0.05) is 37.8 Å². The zero-order valence-electron chi connectivity index (χ0n) is 14.0. The maximum absolute atomic E-state index is 12.5. The number of hydrogen-bond acceptors (Lipinski definition) is 3. The highest BCUT2D eigenvalue weighted by molar-refractivity contribution is 6.00. The van der Waals surface area contributed by atoms with Gasteiger partial charge >= 0.3 is 0 Å². The van der Waals surface area contributed by atoms with Gasteiger partial charge in [-0.15, -0.1) is 0 Å². The molecule has 0 radical (unpaired) electrons. The van der Waals surface area contributed by atoms with Crippen molar-refractivity contribution < 1.29 is 18.4 Å². The van der Waals surface area contributed by atoms with Crippen molar-refractivity contribution >= 4 is 17.5 Å². The van der Waals surface area contributed by atoms with Crippen molar-refractivity contribution in [2.24, 2.45) is 5.92 Å². The minimum absolute atomic E-state index is 0.00213.